The van der Waals surface area contributed by atoms with Gasteiger partial charge in [0, 0.05) is 0 Å². The van der Waals surface area contributed by atoms with E-state index in [1.54, 1.807) is 0 Å². The van der Waals surface area contributed by atoms with Crippen LogP contribution < -0.4 is 0 Å². The molecule has 242 valence electrons. The minimum absolute atomic E-state index is 1.25. The molecule has 0 radical (unpaired) electrons. The lowest BCUT2D eigenvalue weighted by molar-refractivity contribution is 0.886. The molecule has 0 aromatic heterocycles. The molecule has 0 aliphatic rings. The van der Waals surface area contributed by atoms with Crippen molar-refractivity contribution in [3.63, 3.8) is 0 Å². The van der Waals surface area contributed by atoms with E-state index in [9.17, 15) is 0 Å². The van der Waals surface area contributed by atoms with Gasteiger partial charge in [-0.3, -0.25) is 0 Å². The van der Waals surface area contributed by atoms with Crippen molar-refractivity contribution in [2.45, 2.75) is 40.5 Å². The van der Waals surface area contributed by atoms with Crippen LogP contribution in [-0.2, 0) is 0 Å². The summed E-state index contributed by atoms with van der Waals surface area (Å²) >= 11 is 0. The lowest BCUT2D eigenvalue weighted by Gasteiger charge is -2.20. The van der Waals surface area contributed by atoms with E-state index in [0.29, 0.717) is 0 Å². The van der Waals surface area contributed by atoms with E-state index in [1.165, 1.54) is 111 Å². The predicted molar refractivity (Wildman–Crippen MR) is 220 cm³/mol. The molecule has 9 aromatic carbocycles. The maximum atomic E-state index is 2.42. The van der Waals surface area contributed by atoms with Gasteiger partial charge >= 0.3 is 0 Å². The van der Waals surface area contributed by atoms with Gasteiger partial charge in [-0.05, 0) is 130 Å². The second-order valence-electron chi connectivity index (χ2n) is 13.6. The van der Waals surface area contributed by atoms with E-state index in [-0.39, 0.29) is 0 Å². The third-order valence-electron chi connectivity index (χ3n) is 10.4. The first-order valence-corrected chi connectivity index (χ1v) is 18.0. The van der Waals surface area contributed by atoms with Gasteiger partial charge in [0.2, 0.25) is 0 Å². The Morgan fingerprint density at radius 3 is 1.36 bits per heavy atom. The molecule has 0 spiro atoms. The first-order valence-electron chi connectivity index (χ1n) is 18.0. The number of hydrogen-bond acceptors (Lipinski definition) is 0. The van der Waals surface area contributed by atoms with Crippen LogP contribution in [0.25, 0.3) is 87.2 Å². The van der Waals surface area contributed by atoms with E-state index in [2.05, 4.69) is 185 Å². The van der Waals surface area contributed by atoms with Crippen molar-refractivity contribution in [1.82, 2.24) is 0 Å². The zero-order valence-corrected chi connectivity index (χ0v) is 29.4. The molecule has 0 heteroatoms. The van der Waals surface area contributed by atoms with Gasteiger partial charge in [-0.2, -0.15) is 0 Å². The first kappa shape index (κ1) is 31.5. The van der Waals surface area contributed by atoms with Gasteiger partial charge in [-0.25, -0.2) is 0 Å². The summed E-state index contributed by atoms with van der Waals surface area (Å²) in [6.07, 6.45) is 2.64. The van der Waals surface area contributed by atoms with Crippen molar-refractivity contribution in [2.24, 2.45) is 0 Å². The Bertz CT molecular complexity index is 2630. The molecule has 0 heterocycles. The fraction of sp³-hybridized carbons (Fsp3) is 0.120. The average Bonchev–Trinajstić information content (AvgIpc) is 3.17. The topological polar surface area (TPSA) is 0 Å². The van der Waals surface area contributed by atoms with E-state index in [1.807, 2.05) is 0 Å². The summed E-state index contributed by atoms with van der Waals surface area (Å²) < 4.78 is 0. The fourth-order valence-electron chi connectivity index (χ4n) is 7.70. The van der Waals surface area contributed by atoms with Crippen LogP contribution in [0.15, 0.2) is 158 Å². The van der Waals surface area contributed by atoms with Crippen molar-refractivity contribution < 1.29 is 0 Å². The predicted octanol–water partition coefficient (Wildman–Crippen LogP) is 14.9. The largest absolute Gasteiger partial charge is 0.0654 e. The molecule has 0 aliphatic carbocycles. The van der Waals surface area contributed by atoms with E-state index in [4.69, 9.17) is 0 Å². The Hall–Kier alpha value is -5.72. The Morgan fingerprint density at radius 1 is 0.320 bits per heavy atom. The maximum absolute atomic E-state index is 2.42. The van der Waals surface area contributed by atoms with Crippen LogP contribution in [0.3, 0.4) is 0 Å². The number of unbranched alkanes of at least 4 members (excludes halogenated alkanes) is 1. The molecule has 50 heavy (non-hydrogen) atoms. The van der Waals surface area contributed by atoms with Crippen LogP contribution in [0.5, 0.6) is 0 Å². The standard InChI is InChI=1S/C46H32.C4H10/c1-29-23-24-34(28-42(29)43-26-32-14-4-3-13-31(32)25-30(43)2)45-38-19-9-11-21-40(38)46(41-22-12-10-20-39(41)45)44-27-33-15-5-6-16-35(33)36-17-7-8-18-37(36)44;1-3-4-2/h3-28H,1-2H3;3-4H2,1-2H3. The van der Waals surface area contributed by atoms with Crippen molar-refractivity contribution in [3.05, 3.63) is 169 Å². The van der Waals surface area contributed by atoms with Crippen molar-refractivity contribution >= 4 is 53.9 Å². The quantitative estimate of drug-likeness (QED) is 0.132. The highest BCUT2D eigenvalue weighted by Gasteiger charge is 2.19. The molecule has 9 rings (SSSR count). The summed E-state index contributed by atoms with van der Waals surface area (Å²) in [7, 11) is 0. The first-order chi connectivity index (χ1) is 24.6. The normalized spacial score (nSPS) is 11.4. The van der Waals surface area contributed by atoms with Crippen LogP contribution >= 0.6 is 0 Å². The minimum atomic E-state index is 1.25. The van der Waals surface area contributed by atoms with Gasteiger partial charge in [0.15, 0.2) is 0 Å². The minimum Gasteiger partial charge on any atom is -0.0654 e. The Kier molecular flexibility index (Phi) is 8.39. The number of hydrogen-bond donors (Lipinski definition) is 0. The van der Waals surface area contributed by atoms with Crippen molar-refractivity contribution in [1.29, 1.82) is 0 Å². The highest BCUT2D eigenvalue weighted by Crippen LogP contribution is 2.47. The molecule has 0 fully saturated rings. The SMILES string of the molecule is CCCC.Cc1ccc(-c2c3ccccc3c(-c3cc4ccccc4c4ccccc34)c3ccccc23)cc1-c1cc2ccccc2cc1C. The second kappa shape index (κ2) is 13.3. The van der Waals surface area contributed by atoms with Gasteiger partial charge < -0.3 is 0 Å². The molecule has 0 nitrogen and oxygen atoms in total. The summed E-state index contributed by atoms with van der Waals surface area (Å²) in [6.45, 7) is 8.83. The van der Waals surface area contributed by atoms with Crippen molar-refractivity contribution in [3.8, 4) is 33.4 Å². The summed E-state index contributed by atoms with van der Waals surface area (Å²) in [5.74, 6) is 0. The van der Waals surface area contributed by atoms with Crippen molar-refractivity contribution in [2.75, 3.05) is 0 Å². The third-order valence-corrected chi connectivity index (χ3v) is 10.4. The molecule has 0 saturated carbocycles. The van der Waals surface area contributed by atoms with Gasteiger partial charge in [0.05, 0.1) is 0 Å². The fourth-order valence-corrected chi connectivity index (χ4v) is 7.70. The van der Waals surface area contributed by atoms with Gasteiger partial charge in [0.1, 0.15) is 0 Å². The molecule has 0 saturated heterocycles. The molecule has 0 amide bonds. The molecular weight excluding hydrogens is 601 g/mol. The highest BCUT2D eigenvalue weighted by molar-refractivity contribution is 6.25. The van der Waals surface area contributed by atoms with Gasteiger partial charge in [-0.1, -0.05) is 166 Å². The third kappa shape index (κ3) is 5.42. The lowest BCUT2D eigenvalue weighted by Crippen LogP contribution is -1.94. The molecule has 0 atom stereocenters. The Labute approximate surface area is 295 Å². The summed E-state index contributed by atoms with van der Waals surface area (Å²) in [6, 6.07) is 58.4. The smallest absolute Gasteiger partial charge is 0.00199 e. The van der Waals surface area contributed by atoms with E-state index < -0.39 is 0 Å². The van der Waals surface area contributed by atoms with Gasteiger partial charge in [0.25, 0.3) is 0 Å². The molecular formula is C50H42. The van der Waals surface area contributed by atoms with E-state index >= 15 is 0 Å². The number of rotatable bonds is 4. The van der Waals surface area contributed by atoms with Crippen LogP contribution in [0.1, 0.15) is 37.8 Å². The number of benzene rings is 9. The Morgan fingerprint density at radius 2 is 0.760 bits per heavy atom. The van der Waals surface area contributed by atoms with Crippen LogP contribution in [0.4, 0.5) is 0 Å². The summed E-state index contributed by atoms with van der Waals surface area (Å²) in [4.78, 5) is 0. The van der Waals surface area contributed by atoms with Crippen LogP contribution in [0.2, 0.25) is 0 Å². The number of fused-ring (bicyclic) bond motifs is 6. The lowest BCUT2D eigenvalue weighted by atomic mass is 9.83. The summed E-state index contributed by atoms with van der Waals surface area (Å²) in [5, 5.41) is 12.8. The van der Waals surface area contributed by atoms with Crippen LogP contribution in [-0.4, -0.2) is 0 Å². The monoisotopic (exact) mass is 642 g/mol. The van der Waals surface area contributed by atoms with E-state index in [0.717, 1.165) is 0 Å². The molecule has 0 bridgehead atoms. The zero-order chi connectivity index (χ0) is 34.2. The molecule has 0 aliphatic heterocycles. The molecule has 9 aromatic rings. The second-order valence-corrected chi connectivity index (χ2v) is 13.6. The van der Waals surface area contributed by atoms with Gasteiger partial charge in [-0.15, -0.1) is 0 Å². The highest BCUT2D eigenvalue weighted by atomic mass is 14.2. The number of aryl methyl sites for hydroxylation is 2. The molecule has 0 N–H and O–H groups in total. The maximum Gasteiger partial charge on any atom is -0.00199 e. The summed E-state index contributed by atoms with van der Waals surface area (Å²) in [5.41, 5.74) is 10.3. The molecule has 0 unspecified atom stereocenters. The van der Waals surface area contributed by atoms with Crippen LogP contribution in [0, 0.1) is 13.8 Å². The zero-order valence-electron chi connectivity index (χ0n) is 29.4. The Balaban J connectivity index is 0.000000859. The average molecular weight is 643 g/mol.